The minimum Gasteiger partial charge on any atom is -0.359 e. The number of fused-ring (bicyclic) bond motifs is 1. The monoisotopic (exact) mass is 326 g/mol. The lowest BCUT2D eigenvalue weighted by molar-refractivity contribution is -0.119. The van der Waals surface area contributed by atoms with Crippen LogP contribution in [0.2, 0.25) is 0 Å². The number of amides is 1. The molecule has 2 N–H and O–H groups in total. The first-order valence-corrected chi connectivity index (χ1v) is 7.29. The number of allylic oxidation sites excluding steroid dienone is 1. The summed E-state index contributed by atoms with van der Waals surface area (Å²) < 4.78 is 14.1. The van der Waals surface area contributed by atoms with Crippen LogP contribution in [0.3, 0.4) is 0 Å². The molecule has 0 spiro atoms. The van der Waals surface area contributed by atoms with Crippen LogP contribution in [0.15, 0.2) is 17.8 Å². The molecule has 1 atom stereocenters. The molecule has 0 saturated heterocycles. The molecule has 1 aliphatic rings. The minimum atomic E-state index is -0.671. The summed E-state index contributed by atoms with van der Waals surface area (Å²) in [5.74, 6) is -1.12. The number of carbonyl (C=O) groups excluding carboxylic acids is 2. The molecule has 1 aliphatic carbocycles. The molecule has 1 aromatic carbocycles. The smallest absolute Gasteiger partial charge is 0.217 e. The second-order valence-electron chi connectivity index (χ2n) is 5.47. The van der Waals surface area contributed by atoms with Crippen LogP contribution in [0, 0.1) is 35.4 Å². The van der Waals surface area contributed by atoms with E-state index >= 15 is 0 Å². The van der Waals surface area contributed by atoms with Crippen molar-refractivity contribution >= 4 is 17.4 Å². The van der Waals surface area contributed by atoms with Crippen molar-refractivity contribution in [1.29, 1.82) is 10.5 Å². The Bertz CT molecular complexity index is 814. The number of benzene rings is 1. The third-order valence-electron chi connectivity index (χ3n) is 3.89. The van der Waals surface area contributed by atoms with Crippen LogP contribution in [-0.4, -0.2) is 17.7 Å². The maximum atomic E-state index is 14.1. The van der Waals surface area contributed by atoms with Gasteiger partial charge < -0.3 is 10.6 Å². The van der Waals surface area contributed by atoms with E-state index in [1.807, 2.05) is 0 Å². The summed E-state index contributed by atoms with van der Waals surface area (Å²) in [7, 11) is 0. The highest BCUT2D eigenvalue weighted by atomic mass is 19.1. The van der Waals surface area contributed by atoms with Gasteiger partial charge in [0, 0.05) is 18.7 Å². The number of halogens is 1. The Labute approximate surface area is 138 Å². The van der Waals surface area contributed by atoms with Crippen LogP contribution in [0.4, 0.5) is 10.1 Å². The van der Waals surface area contributed by atoms with E-state index in [9.17, 15) is 14.0 Å². The van der Waals surface area contributed by atoms with E-state index in [1.54, 1.807) is 19.1 Å². The topological polar surface area (TPSA) is 106 Å². The second kappa shape index (κ2) is 6.93. The molecule has 1 amide bonds. The summed E-state index contributed by atoms with van der Waals surface area (Å²) in [5.41, 5.74) is 1.22. The van der Waals surface area contributed by atoms with Crippen LogP contribution in [0.25, 0.3) is 0 Å². The SMILES string of the molecule is CC(=O)NC1CCc2c(C)c(F)cc(NC=C(C#N)C#N)c2C1=O. The Hall–Kier alpha value is -3.19. The lowest BCUT2D eigenvalue weighted by Gasteiger charge is -2.27. The average Bonchev–Trinajstić information content (AvgIpc) is 2.54. The molecule has 122 valence electrons. The number of nitrogens with zero attached hydrogens (tertiary/aromatic N) is 2. The molecule has 0 aliphatic heterocycles. The fraction of sp³-hybridized carbons (Fsp3) is 0.294. The predicted octanol–water partition coefficient (Wildman–Crippen LogP) is 2.11. The Balaban J connectivity index is 2.51. The zero-order valence-corrected chi connectivity index (χ0v) is 13.2. The van der Waals surface area contributed by atoms with E-state index in [4.69, 9.17) is 10.5 Å². The number of Topliss-reactive ketones (excluding diaryl/α,β-unsaturated/α-hetero) is 1. The fourth-order valence-electron chi connectivity index (χ4n) is 2.73. The Morgan fingerprint density at radius 2 is 2.08 bits per heavy atom. The van der Waals surface area contributed by atoms with Crippen molar-refractivity contribution in [3.63, 3.8) is 0 Å². The zero-order chi connectivity index (χ0) is 17.9. The quantitative estimate of drug-likeness (QED) is 0.828. The number of hydrogen-bond donors (Lipinski definition) is 2. The summed E-state index contributed by atoms with van der Waals surface area (Å²) in [5, 5.41) is 22.8. The molecule has 1 unspecified atom stereocenters. The van der Waals surface area contributed by atoms with Crippen LogP contribution in [0.5, 0.6) is 0 Å². The van der Waals surface area contributed by atoms with Gasteiger partial charge in [-0.3, -0.25) is 9.59 Å². The number of ketones is 1. The largest absolute Gasteiger partial charge is 0.359 e. The van der Waals surface area contributed by atoms with Crippen LogP contribution < -0.4 is 10.6 Å². The van der Waals surface area contributed by atoms with E-state index < -0.39 is 11.9 Å². The molecule has 0 saturated carbocycles. The third-order valence-corrected chi connectivity index (χ3v) is 3.89. The van der Waals surface area contributed by atoms with Gasteiger partial charge >= 0.3 is 0 Å². The van der Waals surface area contributed by atoms with Crippen molar-refractivity contribution in [2.75, 3.05) is 5.32 Å². The lowest BCUT2D eigenvalue weighted by atomic mass is 9.83. The summed E-state index contributed by atoms with van der Waals surface area (Å²) in [6, 6.07) is 3.84. The minimum absolute atomic E-state index is 0.177. The first-order valence-electron chi connectivity index (χ1n) is 7.29. The summed E-state index contributed by atoms with van der Waals surface area (Å²) in [4.78, 5) is 23.9. The van der Waals surface area contributed by atoms with Crippen LogP contribution in [0.1, 0.15) is 34.8 Å². The summed E-state index contributed by atoms with van der Waals surface area (Å²) in [6.07, 6.45) is 1.96. The Morgan fingerprint density at radius 1 is 1.42 bits per heavy atom. The molecule has 6 nitrogen and oxygen atoms in total. The molecule has 0 radical (unpaired) electrons. The van der Waals surface area contributed by atoms with Gasteiger partial charge in [0.15, 0.2) is 5.78 Å². The number of hydrogen-bond acceptors (Lipinski definition) is 5. The lowest BCUT2D eigenvalue weighted by Crippen LogP contribution is -2.43. The van der Waals surface area contributed by atoms with Gasteiger partial charge in [-0.2, -0.15) is 10.5 Å². The summed E-state index contributed by atoms with van der Waals surface area (Å²) in [6.45, 7) is 2.92. The highest BCUT2D eigenvalue weighted by Gasteiger charge is 2.32. The molecule has 1 aromatic rings. The number of nitriles is 2. The maximum absolute atomic E-state index is 14.1. The molecule has 0 bridgehead atoms. The van der Waals surface area contributed by atoms with E-state index in [2.05, 4.69) is 10.6 Å². The molecule has 0 fully saturated rings. The van der Waals surface area contributed by atoms with Gasteiger partial charge in [-0.25, -0.2) is 4.39 Å². The van der Waals surface area contributed by atoms with Crippen molar-refractivity contribution in [3.05, 3.63) is 40.3 Å². The Kier molecular flexibility index (Phi) is 4.96. The van der Waals surface area contributed by atoms with Gasteiger partial charge in [0.25, 0.3) is 0 Å². The third kappa shape index (κ3) is 3.26. The first-order chi connectivity index (χ1) is 11.4. The summed E-state index contributed by atoms with van der Waals surface area (Å²) >= 11 is 0. The van der Waals surface area contributed by atoms with E-state index in [0.717, 1.165) is 12.3 Å². The number of rotatable bonds is 3. The van der Waals surface area contributed by atoms with Gasteiger partial charge in [0.05, 0.1) is 11.7 Å². The number of carbonyl (C=O) groups is 2. The van der Waals surface area contributed by atoms with E-state index in [-0.39, 0.29) is 28.5 Å². The van der Waals surface area contributed by atoms with Crippen molar-refractivity contribution in [3.8, 4) is 12.1 Å². The number of anilines is 1. The van der Waals surface area contributed by atoms with Crippen molar-refractivity contribution in [2.45, 2.75) is 32.7 Å². The fourth-order valence-corrected chi connectivity index (χ4v) is 2.73. The molecule has 7 heteroatoms. The van der Waals surface area contributed by atoms with Crippen molar-refractivity contribution in [2.24, 2.45) is 0 Å². The Morgan fingerprint density at radius 3 is 2.67 bits per heavy atom. The molecule has 24 heavy (non-hydrogen) atoms. The molecule has 2 rings (SSSR count). The highest BCUT2D eigenvalue weighted by molar-refractivity contribution is 6.08. The van der Waals surface area contributed by atoms with Crippen LogP contribution in [-0.2, 0) is 11.2 Å². The molecule has 0 aromatic heterocycles. The highest BCUT2D eigenvalue weighted by Crippen LogP contribution is 2.32. The molecular weight excluding hydrogens is 311 g/mol. The number of nitrogens with one attached hydrogen (secondary N) is 2. The van der Waals surface area contributed by atoms with E-state index in [0.29, 0.717) is 24.0 Å². The van der Waals surface area contributed by atoms with Gasteiger partial charge in [-0.05, 0) is 37.0 Å². The standard InChI is InChI=1S/C17H15FN4O2/c1-9-12-3-4-14(22-10(2)23)17(24)16(12)15(5-13(9)18)21-8-11(6-19)7-20/h5,8,14,21H,3-4H2,1-2H3,(H,22,23). The molecular formula is C17H15FN4O2. The molecule has 0 heterocycles. The van der Waals surface area contributed by atoms with Crippen molar-refractivity contribution in [1.82, 2.24) is 5.32 Å². The van der Waals surface area contributed by atoms with Gasteiger partial charge in [-0.15, -0.1) is 0 Å². The normalized spacial score (nSPS) is 15.5. The second-order valence-corrected chi connectivity index (χ2v) is 5.47. The van der Waals surface area contributed by atoms with Gasteiger partial charge in [0.2, 0.25) is 5.91 Å². The van der Waals surface area contributed by atoms with Gasteiger partial charge in [-0.1, -0.05) is 0 Å². The maximum Gasteiger partial charge on any atom is 0.217 e. The average molecular weight is 326 g/mol. The van der Waals surface area contributed by atoms with Crippen molar-refractivity contribution < 1.29 is 14.0 Å². The zero-order valence-electron chi connectivity index (χ0n) is 13.2. The van der Waals surface area contributed by atoms with Crippen LogP contribution >= 0.6 is 0 Å². The predicted molar refractivity (Wildman–Crippen MR) is 84.3 cm³/mol. The van der Waals surface area contributed by atoms with Gasteiger partial charge in [0.1, 0.15) is 23.5 Å². The first kappa shape index (κ1) is 17.2. The van der Waals surface area contributed by atoms with E-state index in [1.165, 1.54) is 6.92 Å².